The summed E-state index contributed by atoms with van der Waals surface area (Å²) in [6.45, 7) is 2.66. The van der Waals surface area contributed by atoms with E-state index in [1.165, 1.54) is 4.68 Å². The third-order valence-electron chi connectivity index (χ3n) is 1.80. The number of nitrogens with zero attached hydrogens (tertiary/aromatic N) is 5. The highest BCUT2D eigenvalue weighted by Gasteiger charge is 2.09. The van der Waals surface area contributed by atoms with Crippen LogP contribution in [0.4, 0.5) is 11.9 Å². The summed E-state index contributed by atoms with van der Waals surface area (Å²) in [4.78, 5) is 4.02. The lowest BCUT2D eigenvalue weighted by atomic mass is 10.5. The molecule has 0 aromatic carbocycles. The maximum absolute atomic E-state index is 5.69. The molecule has 0 spiro atoms. The Labute approximate surface area is 96.6 Å². The summed E-state index contributed by atoms with van der Waals surface area (Å²) in [6.07, 6.45) is 0. The van der Waals surface area contributed by atoms with Crippen LogP contribution >= 0.6 is 11.6 Å². The largest absolute Gasteiger partial charge is 0.368 e. The number of anilines is 2. The molecule has 0 saturated heterocycles. The minimum atomic E-state index is 0.243. The van der Waals surface area contributed by atoms with Gasteiger partial charge in [0.15, 0.2) is 11.0 Å². The van der Waals surface area contributed by atoms with E-state index in [0.29, 0.717) is 16.9 Å². The molecule has 16 heavy (non-hydrogen) atoms. The van der Waals surface area contributed by atoms with Crippen LogP contribution in [-0.4, -0.2) is 31.5 Å². The van der Waals surface area contributed by atoms with Crippen molar-refractivity contribution in [2.75, 3.05) is 17.6 Å². The molecule has 0 unspecified atom stereocenters. The van der Waals surface area contributed by atoms with Crippen molar-refractivity contribution in [3.63, 3.8) is 0 Å². The average Bonchev–Trinajstić information content (AvgIpc) is 2.61. The first kappa shape index (κ1) is 10.6. The molecular formula is C8H10ClN7. The van der Waals surface area contributed by atoms with Gasteiger partial charge in [0, 0.05) is 6.54 Å². The number of hydrogen-bond acceptors (Lipinski definition) is 6. The summed E-state index contributed by atoms with van der Waals surface area (Å²) in [6, 6.07) is 3.27. The molecule has 0 radical (unpaired) electrons. The fourth-order valence-electron chi connectivity index (χ4n) is 1.15. The number of nitrogens with two attached hydrogens (primary N) is 1. The Hall–Kier alpha value is -1.89. The van der Waals surface area contributed by atoms with Crippen molar-refractivity contribution in [3.8, 4) is 5.82 Å². The standard InChI is InChI=1S/C8H10ClN7/c1-2-11-8-12-7(10)16(15-8)6-4-3-5(9)13-14-6/h3-4H,2H2,1H3,(H3,10,11,12,15). The quantitative estimate of drug-likeness (QED) is 0.820. The van der Waals surface area contributed by atoms with E-state index in [0.717, 1.165) is 6.54 Å². The Morgan fingerprint density at radius 2 is 2.25 bits per heavy atom. The van der Waals surface area contributed by atoms with Crippen LogP contribution in [0.3, 0.4) is 0 Å². The van der Waals surface area contributed by atoms with Crippen LogP contribution in [0.5, 0.6) is 0 Å². The topological polar surface area (TPSA) is 94.5 Å². The number of hydrogen-bond donors (Lipinski definition) is 2. The van der Waals surface area contributed by atoms with Gasteiger partial charge in [-0.2, -0.15) is 9.67 Å². The van der Waals surface area contributed by atoms with E-state index in [-0.39, 0.29) is 5.95 Å². The number of nitrogens with one attached hydrogen (secondary N) is 1. The third kappa shape index (κ3) is 2.03. The number of nitrogen functional groups attached to an aromatic ring is 1. The van der Waals surface area contributed by atoms with Gasteiger partial charge in [-0.1, -0.05) is 11.6 Å². The van der Waals surface area contributed by atoms with Gasteiger partial charge in [-0.25, -0.2) is 0 Å². The minimum Gasteiger partial charge on any atom is -0.368 e. The number of aromatic nitrogens is 5. The third-order valence-corrected chi connectivity index (χ3v) is 2.00. The van der Waals surface area contributed by atoms with Crippen molar-refractivity contribution in [2.45, 2.75) is 6.92 Å². The van der Waals surface area contributed by atoms with Gasteiger partial charge in [0.2, 0.25) is 11.9 Å². The van der Waals surface area contributed by atoms with E-state index < -0.39 is 0 Å². The highest BCUT2D eigenvalue weighted by atomic mass is 35.5. The molecule has 0 atom stereocenters. The first-order valence-corrected chi connectivity index (χ1v) is 5.04. The average molecular weight is 240 g/mol. The lowest BCUT2D eigenvalue weighted by Gasteiger charge is -1.99. The molecule has 2 rings (SSSR count). The molecule has 2 aromatic heterocycles. The molecule has 7 nitrogen and oxygen atoms in total. The highest BCUT2D eigenvalue weighted by Crippen LogP contribution is 2.12. The van der Waals surface area contributed by atoms with Crippen LogP contribution in [0.15, 0.2) is 12.1 Å². The van der Waals surface area contributed by atoms with E-state index in [1.807, 2.05) is 6.92 Å². The summed E-state index contributed by atoms with van der Waals surface area (Å²) >= 11 is 5.63. The molecule has 84 valence electrons. The van der Waals surface area contributed by atoms with Crippen LogP contribution in [0.1, 0.15) is 6.92 Å². The molecule has 0 aliphatic rings. The summed E-state index contributed by atoms with van der Waals surface area (Å²) < 4.78 is 1.39. The Kier molecular flexibility index (Phi) is 2.86. The molecule has 8 heteroatoms. The van der Waals surface area contributed by atoms with Crippen LogP contribution in [0.25, 0.3) is 5.82 Å². The Bertz CT molecular complexity index is 478. The van der Waals surface area contributed by atoms with Gasteiger partial charge in [0.05, 0.1) is 0 Å². The van der Waals surface area contributed by atoms with Crippen LogP contribution < -0.4 is 11.1 Å². The normalized spacial score (nSPS) is 10.4. The molecule has 0 saturated carbocycles. The van der Waals surface area contributed by atoms with E-state index in [4.69, 9.17) is 17.3 Å². The molecule has 3 N–H and O–H groups in total. The Balaban J connectivity index is 2.36. The molecule has 0 fully saturated rings. The Morgan fingerprint density at radius 1 is 1.44 bits per heavy atom. The predicted molar refractivity (Wildman–Crippen MR) is 60.5 cm³/mol. The van der Waals surface area contributed by atoms with Crippen LogP contribution in [0.2, 0.25) is 5.15 Å². The van der Waals surface area contributed by atoms with Crippen molar-refractivity contribution in [1.29, 1.82) is 0 Å². The predicted octanol–water partition coefficient (Wildman–Crippen LogP) is 0.725. The van der Waals surface area contributed by atoms with Crippen molar-refractivity contribution in [3.05, 3.63) is 17.3 Å². The van der Waals surface area contributed by atoms with Gasteiger partial charge >= 0.3 is 0 Å². The summed E-state index contributed by atoms with van der Waals surface area (Å²) in [5.41, 5.74) is 5.69. The minimum absolute atomic E-state index is 0.243. The van der Waals surface area contributed by atoms with Crippen LogP contribution in [-0.2, 0) is 0 Å². The maximum Gasteiger partial charge on any atom is 0.244 e. The number of rotatable bonds is 3. The SMILES string of the molecule is CCNc1nc(N)n(-c2ccc(Cl)nn2)n1. The fourth-order valence-corrected chi connectivity index (χ4v) is 1.25. The molecule has 0 aliphatic carbocycles. The molecular weight excluding hydrogens is 230 g/mol. The zero-order valence-electron chi connectivity index (χ0n) is 8.55. The first-order chi connectivity index (χ1) is 7.70. The van der Waals surface area contributed by atoms with E-state index in [1.54, 1.807) is 12.1 Å². The van der Waals surface area contributed by atoms with E-state index >= 15 is 0 Å². The van der Waals surface area contributed by atoms with Crippen molar-refractivity contribution < 1.29 is 0 Å². The zero-order chi connectivity index (χ0) is 11.5. The van der Waals surface area contributed by atoms with Crippen molar-refractivity contribution in [1.82, 2.24) is 25.0 Å². The fraction of sp³-hybridized carbons (Fsp3) is 0.250. The van der Waals surface area contributed by atoms with E-state index in [2.05, 4.69) is 25.6 Å². The summed E-state index contributed by atoms with van der Waals surface area (Å²) in [5.74, 6) is 1.17. The van der Waals surface area contributed by atoms with Gasteiger partial charge in [0.25, 0.3) is 0 Å². The van der Waals surface area contributed by atoms with Crippen molar-refractivity contribution in [2.24, 2.45) is 0 Å². The van der Waals surface area contributed by atoms with Crippen LogP contribution in [0, 0.1) is 0 Å². The van der Waals surface area contributed by atoms with Gasteiger partial charge < -0.3 is 11.1 Å². The monoisotopic (exact) mass is 239 g/mol. The van der Waals surface area contributed by atoms with Gasteiger partial charge in [-0.05, 0) is 19.1 Å². The van der Waals surface area contributed by atoms with Crippen molar-refractivity contribution >= 4 is 23.5 Å². The van der Waals surface area contributed by atoms with Gasteiger partial charge in [-0.15, -0.1) is 15.3 Å². The highest BCUT2D eigenvalue weighted by molar-refractivity contribution is 6.29. The maximum atomic E-state index is 5.69. The second-order valence-corrected chi connectivity index (χ2v) is 3.34. The van der Waals surface area contributed by atoms with Gasteiger partial charge in [0.1, 0.15) is 0 Å². The zero-order valence-corrected chi connectivity index (χ0v) is 9.31. The smallest absolute Gasteiger partial charge is 0.244 e. The van der Waals surface area contributed by atoms with E-state index in [9.17, 15) is 0 Å². The molecule has 0 aliphatic heterocycles. The first-order valence-electron chi connectivity index (χ1n) is 4.66. The molecule has 0 bridgehead atoms. The lowest BCUT2D eigenvalue weighted by molar-refractivity contribution is 0.822. The Morgan fingerprint density at radius 3 is 2.88 bits per heavy atom. The second kappa shape index (κ2) is 4.31. The molecule has 2 aromatic rings. The second-order valence-electron chi connectivity index (χ2n) is 2.95. The lowest BCUT2D eigenvalue weighted by Crippen LogP contribution is -2.05. The molecule has 2 heterocycles. The molecule has 0 amide bonds. The summed E-state index contributed by atoms with van der Waals surface area (Å²) in [7, 11) is 0. The van der Waals surface area contributed by atoms with Gasteiger partial charge in [-0.3, -0.25) is 0 Å². The number of halogens is 1. The summed E-state index contributed by atoms with van der Waals surface area (Å²) in [5, 5.41) is 14.9.